The van der Waals surface area contributed by atoms with E-state index in [1.807, 2.05) is 0 Å². The average Bonchev–Trinajstić information content (AvgIpc) is 3.30. The Morgan fingerprint density at radius 2 is 1.89 bits per heavy atom. The lowest BCUT2D eigenvalue weighted by atomic mass is 9.94. The molecule has 19 heavy (non-hydrogen) atoms. The Bertz CT molecular complexity index is 393. The molecule has 2 aliphatic carbocycles. The van der Waals surface area contributed by atoms with Gasteiger partial charge in [0, 0.05) is 25.7 Å². The van der Waals surface area contributed by atoms with Crippen LogP contribution < -0.4 is 10.2 Å². The summed E-state index contributed by atoms with van der Waals surface area (Å²) in [6.45, 7) is 0.852. The normalized spacial score (nSPS) is 20.5. The van der Waals surface area contributed by atoms with Gasteiger partial charge >= 0.3 is 0 Å². The molecule has 0 aliphatic heterocycles. The van der Waals surface area contributed by atoms with Crippen LogP contribution in [-0.2, 0) is 6.54 Å². The molecule has 0 saturated heterocycles. The fourth-order valence-electron chi connectivity index (χ4n) is 2.83. The largest absolute Gasteiger partial charge is 0.355 e. The van der Waals surface area contributed by atoms with Crippen LogP contribution in [0.4, 0.5) is 5.82 Å². The second-order valence-electron chi connectivity index (χ2n) is 5.94. The predicted molar refractivity (Wildman–Crippen MR) is 77.2 cm³/mol. The summed E-state index contributed by atoms with van der Waals surface area (Å²) < 4.78 is 0. The molecule has 4 nitrogen and oxygen atoms in total. The maximum atomic E-state index is 4.39. The molecule has 0 spiro atoms. The van der Waals surface area contributed by atoms with Gasteiger partial charge in [0.2, 0.25) is 0 Å². The summed E-state index contributed by atoms with van der Waals surface area (Å²) in [5.74, 6) is 1.02. The Morgan fingerprint density at radius 3 is 2.53 bits per heavy atom. The minimum atomic E-state index is 0.651. The molecule has 1 aromatic heterocycles. The molecule has 1 aromatic rings. The molecule has 3 rings (SSSR count). The molecule has 104 valence electrons. The first-order valence-electron chi connectivity index (χ1n) is 7.62. The van der Waals surface area contributed by atoms with Crippen LogP contribution in [0.5, 0.6) is 0 Å². The monoisotopic (exact) mass is 260 g/mol. The maximum absolute atomic E-state index is 4.39. The van der Waals surface area contributed by atoms with Crippen LogP contribution in [0.2, 0.25) is 0 Å². The standard InChI is InChI=1S/C15H24N4/c1-19(14-5-3-2-4-6-14)15-10-9-13(17-18-15)11-16-12-7-8-12/h9-10,12,14,16H,2-8,11H2,1H3. The number of hydrogen-bond acceptors (Lipinski definition) is 4. The minimum absolute atomic E-state index is 0.651. The highest BCUT2D eigenvalue weighted by Gasteiger charge is 2.21. The molecular weight excluding hydrogens is 236 g/mol. The molecule has 0 radical (unpaired) electrons. The van der Waals surface area contributed by atoms with Crippen molar-refractivity contribution in [3.8, 4) is 0 Å². The quantitative estimate of drug-likeness (QED) is 0.883. The highest BCUT2D eigenvalue weighted by Crippen LogP contribution is 2.24. The second-order valence-corrected chi connectivity index (χ2v) is 5.94. The van der Waals surface area contributed by atoms with Crippen molar-refractivity contribution >= 4 is 5.82 Å². The number of rotatable bonds is 5. The first-order valence-corrected chi connectivity index (χ1v) is 7.62. The Balaban J connectivity index is 1.57. The molecule has 2 fully saturated rings. The highest BCUT2D eigenvalue weighted by atomic mass is 15.3. The summed E-state index contributed by atoms with van der Waals surface area (Å²) >= 11 is 0. The van der Waals surface area contributed by atoms with E-state index in [1.54, 1.807) is 0 Å². The summed E-state index contributed by atoms with van der Waals surface area (Å²) in [7, 11) is 2.15. The molecule has 0 unspecified atom stereocenters. The van der Waals surface area contributed by atoms with Gasteiger partial charge in [-0.2, -0.15) is 5.10 Å². The fourth-order valence-corrected chi connectivity index (χ4v) is 2.83. The van der Waals surface area contributed by atoms with Gasteiger partial charge in [0.1, 0.15) is 0 Å². The molecule has 4 heteroatoms. The van der Waals surface area contributed by atoms with Crippen LogP contribution in [0, 0.1) is 0 Å². The zero-order valence-corrected chi connectivity index (χ0v) is 11.8. The van der Waals surface area contributed by atoms with E-state index in [2.05, 4.69) is 39.6 Å². The number of aromatic nitrogens is 2. The third-order valence-electron chi connectivity index (χ3n) is 4.34. The van der Waals surface area contributed by atoms with Crippen molar-refractivity contribution in [3.05, 3.63) is 17.8 Å². The smallest absolute Gasteiger partial charge is 0.151 e. The molecule has 0 bridgehead atoms. The summed E-state index contributed by atoms with van der Waals surface area (Å²) in [4.78, 5) is 2.31. The lowest BCUT2D eigenvalue weighted by Crippen LogP contribution is -2.34. The molecule has 1 N–H and O–H groups in total. The van der Waals surface area contributed by atoms with Gasteiger partial charge in [-0.25, -0.2) is 0 Å². The molecular formula is C15H24N4. The molecule has 0 amide bonds. The van der Waals surface area contributed by atoms with Gasteiger partial charge in [0.05, 0.1) is 5.69 Å². The molecule has 0 aromatic carbocycles. The lowest BCUT2D eigenvalue weighted by Gasteiger charge is -2.31. The number of hydrogen-bond donors (Lipinski definition) is 1. The minimum Gasteiger partial charge on any atom is -0.355 e. The van der Waals surface area contributed by atoms with E-state index in [4.69, 9.17) is 0 Å². The SMILES string of the molecule is CN(c1ccc(CNC2CC2)nn1)C1CCCCC1. The molecule has 0 atom stereocenters. The Kier molecular flexibility index (Phi) is 3.97. The average molecular weight is 260 g/mol. The van der Waals surface area contributed by atoms with Crippen LogP contribution in [0.1, 0.15) is 50.6 Å². The van der Waals surface area contributed by atoms with Crippen molar-refractivity contribution < 1.29 is 0 Å². The second kappa shape index (κ2) is 5.87. The summed E-state index contributed by atoms with van der Waals surface area (Å²) in [6.07, 6.45) is 9.32. The first-order chi connectivity index (χ1) is 9.33. The van der Waals surface area contributed by atoms with Crippen molar-refractivity contribution in [3.63, 3.8) is 0 Å². The van der Waals surface area contributed by atoms with Crippen LogP contribution in [0.25, 0.3) is 0 Å². The van der Waals surface area contributed by atoms with E-state index < -0.39 is 0 Å². The molecule has 2 aliphatic rings. The highest BCUT2D eigenvalue weighted by molar-refractivity contribution is 5.37. The zero-order valence-electron chi connectivity index (χ0n) is 11.8. The van der Waals surface area contributed by atoms with Crippen LogP contribution in [-0.4, -0.2) is 29.3 Å². The van der Waals surface area contributed by atoms with E-state index in [9.17, 15) is 0 Å². The summed E-state index contributed by atoms with van der Waals surface area (Å²) in [5.41, 5.74) is 1.05. The van der Waals surface area contributed by atoms with Crippen molar-refractivity contribution in [1.29, 1.82) is 0 Å². The Labute approximate surface area is 115 Å². The Hall–Kier alpha value is -1.16. The van der Waals surface area contributed by atoms with E-state index in [1.165, 1.54) is 44.9 Å². The summed E-state index contributed by atoms with van der Waals surface area (Å²) in [6, 6.07) is 5.60. The van der Waals surface area contributed by atoms with Gasteiger partial charge in [-0.3, -0.25) is 0 Å². The summed E-state index contributed by atoms with van der Waals surface area (Å²) in [5, 5.41) is 12.2. The van der Waals surface area contributed by atoms with E-state index in [0.717, 1.165) is 24.1 Å². The maximum Gasteiger partial charge on any atom is 0.151 e. The molecule has 2 saturated carbocycles. The lowest BCUT2D eigenvalue weighted by molar-refractivity contribution is 0.425. The van der Waals surface area contributed by atoms with Crippen LogP contribution in [0.3, 0.4) is 0 Å². The zero-order chi connectivity index (χ0) is 13.1. The van der Waals surface area contributed by atoms with Crippen molar-refractivity contribution in [1.82, 2.24) is 15.5 Å². The van der Waals surface area contributed by atoms with Gasteiger partial charge in [0.25, 0.3) is 0 Å². The molecule has 1 heterocycles. The van der Waals surface area contributed by atoms with Gasteiger partial charge in [-0.05, 0) is 37.8 Å². The third kappa shape index (κ3) is 3.44. The van der Waals surface area contributed by atoms with Gasteiger partial charge in [0.15, 0.2) is 5.82 Å². The van der Waals surface area contributed by atoms with E-state index >= 15 is 0 Å². The first kappa shape index (κ1) is 12.9. The van der Waals surface area contributed by atoms with E-state index in [-0.39, 0.29) is 0 Å². The van der Waals surface area contributed by atoms with Gasteiger partial charge < -0.3 is 10.2 Å². The van der Waals surface area contributed by atoms with Crippen LogP contribution in [0.15, 0.2) is 12.1 Å². The van der Waals surface area contributed by atoms with Crippen LogP contribution >= 0.6 is 0 Å². The van der Waals surface area contributed by atoms with Crippen molar-refractivity contribution in [2.45, 2.75) is 63.6 Å². The number of anilines is 1. The third-order valence-corrected chi connectivity index (χ3v) is 4.34. The number of nitrogens with zero attached hydrogens (tertiary/aromatic N) is 3. The van der Waals surface area contributed by atoms with Gasteiger partial charge in [-0.1, -0.05) is 19.3 Å². The predicted octanol–water partition coefficient (Wildman–Crippen LogP) is 2.50. The fraction of sp³-hybridized carbons (Fsp3) is 0.733. The Morgan fingerprint density at radius 1 is 1.11 bits per heavy atom. The number of nitrogens with one attached hydrogen (secondary N) is 1. The topological polar surface area (TPSA) is 41.0 Å². The van der Waals surface area contributed by atoms with E-state index in [0.29, 0.717) is 6.04 Å². The van der Waals surface area contributed by atoms with Gasteiger partial charge in [-0.15, -0.1) is 5.10 Å². The van der Waals surface area contributed by atoms with Crippen molar-refractivity contribution in [2.75, 3.05) is 11.9 Å². The van der Waals surface area contributed by atoms with Crippen molar-refractivity contribution in [2.24, 2.45) is 0 Å².